The maximum absolute atomic E-state index is 12.1. The van der Waals surface area contributed by atoms with E-state index in [0.29, 0.717) is 40.0 Å². The van der Waals surface area contributed by atoms with Crippen molar-refractivity contribution >= 4 is 23.7 Å². The smallest absolute Gasteiger partial charge is 0.272 e. The first-order valence-corrected chi connectivity index (χ1v) is 8.45. The molecular weight excluding hydrogens is 356 g/mol. The van der Waals surface area contributed by atoms with E-state index >= 15 is 0 Å². The summed E-state index contributed by atoms with van der Waals surface area (Å²) in [6.45, 7) is 2.57. The van der Waals surface area contributed by atoms with Gasteiger partial charge in [0.05, 0.1) is 37.6 Å². The quantitative estimate of drug-likeness (QED) is 0.560. The van der Waals surface area contributed by atoms with Crippen LogP contribution in [0.25, 0.3) is 0 Å². The number of nitrogens with one attached hydrogen (secondary N) is 1. The van der Waals surface area contributed by atoms with E-state index in [2.05, 4.69) is 10.5 Å². The predicted molar refractivity (Wildman–Crippen MR) is 102 cm³/mol. The zero-order valence-electron chi connectivity index (χ0n) is 14.9. The van der Waals surface area contributed by atoms with E-state index in [4.69, 9.17) is 25.8 Å². The van der Waals surface area contributed by atoms with Gasteiger partial charge in [0.25, 0.3) is 5.91 Å². The van der Waals surface area contributed by atoms with Crippen molar-refractivity contribution in [3.05, 3.63) is 52.5 Å². The summed E-state index contributed by atoms with van der Waals surface area (Å²) in [7, 11) is 3.10. The Morgan fingerprint density at radius 2 is 1.85 bits per heavy atom. The van der Waals surface area contributed by atoms with Crippen molar-refractivity contribution in [2.24, 2.45) is 5.10 Å². The van der Waals surface area contributed by atoms with E-state index in [-0.39, 0.29) is 0 Å². The van der Waals surface area contributed by atoms with Crippen LogP contribution in [-0.4, -0.2) is 32.9 Å². The van der Waals surface area contributed by atoms with Crippen LogP contribution in [0.1, 0.15) is 29.3 Å². The summed E-state index contributed by atoms with van der Waals surface area (Å²) in [5.74, 6) is 1.19. The number of nitrogens with zero attached hydrogens (tertiary/aromatic N) is 1. The average Bonchev–Trinajstić information content (AvgIpc) is 2.66. The minimum Gasteiger partial charge on any atom is -0.493 e. The Kier molecular flexibility index (Phi) is 7.29. The van der Waals surface area contributed by atoms with Crippen LogP contribution >= 0.6 is 11.6 Å². The maximum Gasteiger partial charge on any atom is 0.272 e. The third kappa shape index (κ3) is 4.89. The Morgan fingerprint density at radius 1 is 1.19 bits per heavy atom. The van der Waals surface area contributed by atoms with E-state index in [1.165, 1.54) is 6.21 Å². The second kappa shape index (κ2) is 9.68. The van der Waals surface area contributed by atoms with Gasteiger partial charge < -0.3 is 14.2 Å². The van der Waals surface area contributed by atoms with Crippen molar-refractivity contribution in [3.8, 4) is 17.2 Å². The number of benzene rings is 2. The van der Waals surface area contributed by atoms with E-state index in [1.807, 2.05) is 6.92 Å². The van der Waals surface area contributed by atoms with Crippen LogP contribution in [0, 0.1) is 0 Å². The fourth-order valence-electron chi connectivity index (χ4n) is 2.19. The molecule has 0 saturated carbocycles. The lowest BCUT2D eigenvalue weighted by molar-refractivity contribution is 0.0955. The molecule has 1 N–H and O–H groups in total. The molecule has 1 amide bonds. The van der Waals surface area contributed by atoms with Crippen molar-refractivity contribution in [3.63, 3.8) is 0 Å². The summed E-state index contributed by atoms with van der Waals surface area (Å²) < 4.78 is 16.4. The molecule has 0 unspecified atom stereocenters. The second-order valence-corrected chi connectivity index (χ2v) is 5.69. The lowest BCUT2D eigenvalue weighted by Crippen LogP contribution is -2.17. The Hall–Kier alpha value is -2.73. The molecular formula is C19H21ClN2O4. The number of carbonyl (C=O) groups is 1. The molecule has 26 heavy (non-hydrogen) atoms. The predicted octanol–water partition coefficient (Wildman–Crippen LogP) is 3.91. The average molecular weight is 377 g/mol. The molecule has 0 aliphatic carbocycles. The van der Waals surface area contributed by atoms with Gasteiger partial charge in [-0.3, -0.25) is 4.79 Å². The molecule has 0 aromatic heterocycles. The van der Waals surface area contributed by atoms with E-state index in [0.717, 1.165) is 6.42 Å². The Balaban J connectivity index is 2.17. The van der Waals surface area contributed by atoms with E-state index in [9.17, 15) is 4.79 Å². The van der Waals surface area contributed by atoms with Gasteiger partial charge in [-0.15, -0.1) is 0 Å². The molecule has 0 saturated heterocycles. The third-order valence-electron chi connectivity index (χ3n) is 3.43. The standard InChI is InChI=1S/C19H21ClN2O4/c1-4-9-26-18-16(24-2)10-13(11-17(18)25-3)12-21-22-19(23)14-7-5-6-8-15(14)20/h5-8,10-12H,4,9H2,1-3H3,(H,22,23)/b21-12-. The molecule has 0 spiro atoms. The first-order valence-electron chi connectivity index (χ1n) is 8.07. The van der Waals surface area contributed by atoms with Crippen molar-refractivity contribution in [2.75, 3.05) is 20.8 Å². The number of hydrazone groups is 1. The molecule has 0 bridgehead atoms. The number of ether oxygens (including phenoxy) is 3. The van der Waals surface area contributed by atoms with Crippen LogP contribution in [0.3, 0.4) is 0 Å². The van der Waals surface area contributed by atoms with Gasteiger partial charge in [-0.25, -0.2) is 5.43 Å². The van der Waals surface area contributed by atoms with Crippen molar-refractivity contribution < 1.29 is 19.0 Å². The van der Waals surface area contributed by atoms with Crippen LogP contribution in [-0.2, 0) is 0 Å². The number of hydrogen-bond acceptors (Lipinski definition) is 5. The van der Waals surface area contributed by atoms with Gasteiger partial charge in [0.2, 0.25) is 5.75 Å². The number of carbonyl (C=O) groups excluding carboxylic acids is 1. The number of hydrogen-bond donors (Lipinski definition) is 1. The van der Waals surface area contributed by atoms with Gasteiger partial charge in [-0.1, -0.05) is 30.7 Å². The van der Waals surface area contributed by atoms with Crippen LogP contribution in [0.4, 0.5) is 0 Å². The normalized spacial score (nSPS) is 10.6. The van der Waals surface area contributed by atoms with Gasteiger partial charge in [0.15, 0.2) is 11.5 Å². The summed E-state index contributed by atoms with van der Waals surface area (Å²) >= 11 is 5.99. The van der Waals surface area contributed by atoms with Gasteiger partial charge in [0.1, 0.15) is 0 Å². The molecule has 0 heterocycles. The first kappa shape index (κ1) is 19.6. The highest BCUT2D eigenvalue weighted by molar-refractivity contribution is 6.33. The molecule has 138 valence electrons. The highest BCUT2D eigenvalue weighted by Gasteiger charge is 2.14. The Bertz CT molecular complexity index is 768. The first-order chi connectivity index (χ1) is 12.6. The molecule has 0 radical (unpaired) electrons. The lowest BCUT2D eigenvalue weighted by Gasteiger charge is -2.14. The summed E-state index contributed by atoms with van der Waals surface area (Å²) in [4.78, 5) is 12.1. The molecule has 2 rings (SSSR count). The van der Waals surface area contributed by atoms with Gasteiger partial charge in [-0.2, -0.15) is 5.10 Å². The van der Waals surface area contributed by atoms with Crippen molar-refractivity contribution in [2.45, 2.75) is 13.3 Å². The fourth-order valence-corrected chi connectivity index (χ4v) is 2.41. The van der Waals surface area contributed by atoms with E-state index in [1.54, 1.807) is 50.6 Å². The summed E-state index contributed by atoms with van der Waals surface area (Å²) in [6, 6.07) is 10.2. The SMILES string of the molecule is CCCOc1c(OC)cc(/C=N\NC(=O)c2ccccc2Cl)cc1OC. The Labute approximate surface area is 157 Å². The number of rotatable bonds is 8. The highest BCUT2D eigenvalue weighted by Crippen LogP contribution is 2.38. The summed E-state index contributed by atoms with van der Waals surface area (Å²) in [5, 5.41) is 4.33. The summed E-state index contributed by atoms with van der Waals surface area (Å²) in [6.07, 6.45) is 2.35. The minimum atomic E-state index is -0.395. The van der Waals surface area contributed by atoms with Gasteiger partial charge in [0, 0.05) is 5.56 Å². The third-order valence-corrected chi connectivity index (χ3v) is 3.76. The van der Waals surface area contributed by atoms with Crippen LogP contribution in [0.5, 0.6) is 17.2 Å². The monoisotopic (exact) mass is 376 g/mol. The largest absolute Gasteiger partial charge is 0.493 e. The maximum atomic E-state index is 12.1. The number of halogens is 1. The van der Waals surface area contributed by atoms with Crippen molar-refractivity contribution in [1.82, 2.24) is 5.43 Å². The van der Waals surface area contributed by atoms with E-state index < -0.39 is 5.91 Å². The number of amides is 1. The fraction of sp³-hybridized carbons (Fsp3) is 0.263. The molecule has 6 nitrogen and oxygen atoms in total. The molecule has 2 aromatic carbocycles. The zero-order chi connectivity index (χ0) is 18.9. The topological polar surface area (TPSA) is 69.2 Å². The number of methoxy groups -OCH3 is 2. The molecule has 0 aliphatic heterocycles. The summed E-state index contributed by atoms with van der Waals surface area (Å²) in [5.41, 5.74) is 3.48. The molecule has 0 atom stereocenters. The lowest BCUT2D eigenvalue weighted by atomic mass is 10.2. The van der Waals surface area contributed by atoms with Crippen LogP contribution < -0.4 is 19.6 Å². The zero-order valence-corrected chi connectivity index (χ0v) is 15.7. The second-order valence-electron chi connectivity index (χ2n) is 5.28. The van der Waals surface area contributed by atoms with Crippen LogP contribution in [0.15, 0.2) is 41.5 Å². The van der Waals surface area contributed by atoms with Gasteiger partial charge >= 0.3 is 0 Å². The minimum absolute atomic E-state index is 0.352. The molecule has 7 heteroatoms. The van der Waals surface area contributed by atoms with Gasteiger partial charge in [-0.05, 0) is 30.7 Å². The molecule has 2 aromatic rings. The molecule has 0 fully saturated rings. The highest BCUT2D eigenvalue weighted by atomic mass is 35.5. The van der Waals surface area contributed by atoms with Crippen molar-refractivity contribution in [1.29, 1.82) is 0 Å². The Morgan fingerprint density at radius 3 is 2.42 bits per heavy atom. The molecule has 0 aliphatic rings. The van der Waals surface area contributed by atoms with Crippen LogP contribution in [0.2, 0.25) is 5.02 Å².